The second kappa shape index (κ2) is 5.74. The molecule has 1 aliphatic rings. The second-order valence-electron chi connectivity index (χ2n) is 4.93. The Balaban J connectivity index is 2.19. The number of ether oxygens (including phenoxy) is 1. The molecule has 0 unspecified atom stereocenters. The number of rotatable bonds is 3. The molecule has 0 bridgehead atoms. The van der Waals surface area contributed by atoms with Crippen LogP contribution in [0.25, 0.3) is 0 Å². The lowest BCUT2D eigenvalue weighted by Gasteiger charge is -2.22. The van der Waals surface area contributed by atoms with Crippen molar-refractivity contribution in [3.8, 4) is 0 Å². The van der Waals surface area contributed by atoms with E-state index in [4.69, 9.17) is 4.74 Å². The van der Waals surface area contributed by atoms with Crippen molar-refractivity contribution in [3.05, 3.63) is 29.8 Å². The zero-order valence-electron chi connectivity index (χ0n) is 11.0. The van der Waals surface area contributed by atoms with Gasteiger partial charge in [0.1, 0.15) is 6.10 Å². The van der Waals surface area contributed by atoms with E-state index in [-0.39, 0.29) is 16.6 Å². The van der Waals surface area contributed by atoms with Crippen LogP contribution in [0.3, 0.4) is 0 Å². The zero-order valence-corrected chi connectivity index (χ0v) is 11.8. The first kappa shape index (κ1) is 14.1. The Morgan fingerprint density at radius 1 is 1.16 bits per heavy atom. The zero-order chi connectivity index (χ0) is 13.9. The van der Waals surface area contributed by atoms with Crippen molar-refractivity contribution in [2.75, 3.05) is 6.26 Å². The van der Waals surface area contributed by atoms with Crippen LogP contribution in [0, 0.1) is 0 Å². The van der Waals surface area contributed by atoms with E-state index in [1.54, 1.807) is 12.1 Å². The molecule has 1 fully saturated rings. The maximum Gasteiger partial charge on any atom is 0.339 e. The van der Waals surface area contributed by atoms with Crippen LogP contribution in [-0.4, -0.2) is 26.7 Å². The second-order valence-corrected chi connectivity index (χ2v) is 6.92. The molecule has 2 rings (SSSR count). The third-order valence-electron chi connectivity index (χ3n) is 3.33. The third kappa shape index (κ3) is 3.56. The van der Waals surface area contributed by atoms with Gasteiger partial charge in [-0.05, 0) is 37.8 Å². The number of esters is 1. The summed E-state index contributed by atoms with van der Waals surface area (Å²) in [5.74, 6) is -0.534. The highest BCUT2D eigenvalue weighted by atomic mass is 32.2. The summed E-state index contributed by atoms with van der Waals surface area (Å²) < 4.78 is 28.7. The Labute approximate surface area is 113 Å². The fourth-order valence-electron chi connectivity index (χ4n) is 2.36. The van der Waals surface area contributed by atoms with Crippen LogP contribution in [0.1, 0.15) is 42.5 Å². The maximum atomic E-state index is 12.1. The van der Waals surface area contributed by atoms with E-state index >= 15 is 0 Å². The minimum Gasteiger partial charge on any atom is -0.459 e. The lowest BCUT2D eigenvalue weighted by molar-refractivity contribution is 0.0207. The van der Waals surface area contributed by atoms with Gasteiger partial charge in [-0.1, -0.05) is 18.6 Å². The Kier molecular flexibility index (Phi) is 4.24. The summed E-state index contributed by atoms with van der Waals surface area (Å²) in [5.41, 5.74) is 0.135. The van der Waals surface area contributed by atoms with Crippen LogP contribution in [0.15, 0.2) is 29.2 Å². The summed E-state index contributed by atoms with van der Waals surface area (Å²) >= 11 is 0. The van der Waals surface area contributed by atoms with Crippen LogP contribution in [0.5, 0.6) is 0 Å². The average molecular weight is 282 g/mol. The normalized spacial score (nSPS) is 17.1. The van der Waals surface area contributed by atoms with Gasteiger partial charge in [-0.15, -0.1) is 0 Å². The van der Waals surface area contributed by atoms with Crippen LogP contribution in [-0.2, 0) is 14.6 Å². The number of benzene rings is 1. The van der Waals surface area contributed by atoms with E-state index in [1.165, 1.54) is 18.6 Å². The number of sulfone groups is 1. The highest BCUT2D eigenvalue weighted by Crippen LogP contribution is 2.23. The number of hydrogen-bond acceptors (Lipinski definition) is 4. The monoisotopic (exact) mass is 282 g/mol. The molecule has 0 saturated heterocycles. The molecule has 1 saturated carbocycles. The third-order valence-corrected chi connectivity index (χ3v) is 4.49. The summed E-state index contributed by atoms with van der Waals surface area (Å²) in [6.45, 7) is 0. The van der Waals surface area contributed by atoms with Crippen molar-refractivity contribution in [1.82, 2.24) is 0 Å². The van der Waals surface area contributed by atoms with Crippen molar-refractivity contribution in [1.29, 1.82) is 0 Å². The van der Waals surface area contributed by atoms with Gasteiger partial charge in [0.25, 0.3) is 0 Å². The number of carbonyl (C=O) groups excluding carboxylic acids is 1. The van der Waals surface area contributed by atoms with E-state index in [1.807, 2.05) is 0 Å². The molecule has 0 aromatic heterocycles. The molecule has 0 atom stereocenters. The molecular formula is C14H18O4S. The maximum absolute atomic E-state index is 12.1. The number of carbonyl (C=O) groups is 1. The highest BCUT2D eigenvalue weighted by Gasteiger charge is 2.23. The summed E-state index contributed by atoms with van der Waals surface area (Å²) in [4.78, 5) is 12.1. The first-order valence-electron chi connectivity index (χ1n) is 6.48. The van der Waals surface area contributed by atoms with Gasteiger partial charge < -0.3 is 4.74 Å². The van der Waals surface area contributed by atoms with Gasteiger partial charge in [0.15, 0.2) is 9.84 Å². The minimum atomic E-state index is -3.42. The predicted molar refractivity (Wildman–Crippen MR) is 71.8 cm³/mol. The summed E-state index contributed by atoms with van der Waals surface area (Å²) in [6, 6.07) is 6.19. The molecule has 19 heavy (non-hydrogen) atoms. The van der Waals surface area contributed by atoms with Gasteiger partial charge in [0, 0.05) is 6.26 Å². The molecule has 104 valence electrons. The molecular weight excluding hydrogens is 264 g/mol. The van der Waals surface area contributed by atoms with Gasteiger partial charge in [-0.2, -0.15) is 0 Å². The van der Waals surface area contributed by atoms with Gasteiger partial charge in [-0.3, -0.25) is 0 Å². The van der Waals surface area contributed by atoms with Crippen molar-refractivity contribution >= 4 is 15.8 Å². The van der Waals surface area contributed by atoms with Crippen LogP contribution in [0.2, 0.25) is 0 Å². The summed E-state index contributed by atoms with van der Waals surface area (Å²) in [6.07, 6.45) is 6.05. The summed E-state index contributed by atoms with van der Waals surface area (Å²) in [7, 11) is -3.42. The summed E-state index contributed by atoms with van der Waals surface area (Å²) in [5, 5.41) is 0. The fraction of sp³-hybridized carbons (Fsp3) is 0.500. The molecule has 0 N–H and O–H groups in total. The molecule has 0 radical (unpaired) electrons. The van der Waals surface area contributed by atoms with Crippen molar-refractivity contribution in [3.63, 3.8) is 0 Å². The standard InChI is InChI=1S/C14H18O4S/c1-19(16,17)13-10-6-5-9-12(13)14(15)18-11-7-3-2-4-8-11/h5-6,9-11H,2-4,7-8H2,1H3. The largest absolute Gasteiger partial charge is 0.459 e. The minimum absolute atomic E-state index is 0.0378. The average Bonchev–Trinajstić information content (AvgIpc) is 2.39. The fourth-order valence-corrected chi connectivity index (χ4v) is 3.23. The van der Waals surface area contributed by atoms with Crippen LogP contribution >= 0.6 is 0 Å². The van der Waals surface area contributed by atoms with E-state index in [9.17, 15) is 13.2 Å². The molecule has 0 spiro atoms. The van der Waals surface area contributed by atoms with Gasteiger partial charge in [-0.25, -0.2) is 13.2 Å². The highest BCUT2D eigenvalue weighted by molar-refractivity contribution is 7.90. The Morgan fingerprint density at radius 2 is 1.79 bits per heavy atom. The quantitative estimate of drug-likeness (QED) is 0.799. The van der Waals surface area contributed by atoms with E-state index in [0.717, 1.165) is 31.9 Å². The molecule has 1 aromatic carbocycles. The Hall–Kier alpha value is -1.36. The molecule has 0 heterocycles. The van der Waals surface area contributed by atoms with Crippen LogP contribution in [0.4, 0.5) is 0 Å². The Morgan fingerprint density at radius 3 is 2.42 bits per heavy atom. The van der Waals surface area contributed by atoms with E-state index < -0.39 is 15.8 Å². The molecule has 1 aliphatic carbocycles. The molecule has 0 amide bonds. The molecule has 5 heteroatoms. The molecule has 4 nitrogen and oxygen atoms in total. The first-order valence-corrected chi connectivity index (χ1v) is 8.37. The molecule has 1 aromatic rings. The van der Waals surface area contributed by atoms with Crippen molar-refractivity contribution < 1.29 is 17.9 Å². The lowest BCUT2D eigenvalue weighted by atomic mass is 9.98. The lowest BCUT2D eigenvalue weighted by Crippen LogP contribution is -2.22. The topological polar surface area (TPSA) is 60.4 Å². The van der Waals surface area contributed by atoms with Crippen LogP contribution < -0.4 is 0 Å². The Bertz CT molecular complexity index is 557. The molecule has 0 aliphatic heterocycles. The van der Waals surface area contributed by atoms with Crippen molar-refractivity contribution in [2.45, 2.75) is 43.1 Å². The predicted octanol–water partition coefficient (Wildman–Crippen LogP) is 2.58. The first-order chi connectivity index (χ1) is 8.98. The van der Waals surface area contributed by atoms with E-state index in [0.29, 0.717) is 0 Å². The van der Waals surface area contributed by atoms with Gasteiger partial charge in [0.05, 0.1) is 10.5 Å². The van der Waals surface area contributed by atoms with Crippen molar-refractivity contribution in [2.24, 2.45) is 0 Å². The van der Waals surface area contributed by atoms with Gasteiger partial charge in [0.2, 0.25) is 0 Å². The number of hydrogen-bond donors (Lipinski definition) is 0. The SMILES string of the molecule is CS(=O)(=O)c1ccccc1C(=O)OC1CCCCC1. The van der Waals surface area contributed by atoms with E-state index in [2.05, 4.69) is 0 Å². The van der Waals surface area contributed by atoms with Gasteiger partial charge >= 0.3 is 5.97 Å². The smallest absolute Gasteiger partial charge is 0.339 e.